The Morgan fingerprint density at radius 1 is 1.25 bits per heavy atom. The third-order valence-electron chi connectivity index (χ3n) is 5.22. The van der Waals surface area contributed by atoms with Gasteiger partial charge in [0.05, 0.1) is 12.6 Å². The van der Waals surface area contributed by atoms with Crippen molar-refractivity contribution in [3.63, 3.8) is 0 Å². The van der Waals surface area contributed by atoms with E-state index in [-0.39, 0.29) is 24.0 Å². The fourth-order valence-electron chi connectivity index (χ4n) is 3.58. The largest absolute Gasteiger partial charge is 0.573 e. The highest BCUT2D eigenvalue weighted by Crippen LogP contribution is 2.23. The Morgan fingerprint density at radius 3 is 2.69 bits per heavy atom. The second kappa shape index (κ2) is 10.1. The maximum atomic E-state index is 12.7. The topological polar surface area (TPSA) is 144 Å². The summed E-state index contributed by atoms with van der Waals surface area (Å²) in [6.07, 6.45) is -3.22. The summed E-state index contributed by atoms with van der Waals surface area (Å²) < 4.78 is 46.3. The predicted octanol–water partition coefficient (Wildman–Crippen LogP) is 1.01. The van der Waals surface area contributed by atoms with E-state index < -0.39 is 30.3 Å². The first kappa shape index (κ1) is 24.8. The number of ether oxygens (including phenoxy) is 2. The van der Waals surface area contributed by atoms with Crippen molar-refractivity contribution in [2.45, 2.75) is 25.0 Å². The van der Waals surface area contributed by atoms with Gasteiger partial charge in [-0.15, -0.1) is 13.2 Å². The van der Waals surface area contributed by atoms with Gasteiger partial charge in [0, 0.05) is 25.4 Å². The number of nitrogens with two attached hydrogens (primary N) is 1. The fourth-order valence-corrected chi connectivity index (χ4v) is 3.58. The minimum Gasteiger partial charge on any atom is -0.475 e. The number of pyridine rings is 1. The Bertz CT molecular complexity index is 1200. The van der Waals surface area contributed by atoms with Crippen molar-refractivity contribution < 1.29 is 32.2 Å². The Morgan fingerprint density at radius 2 is 2.00 bits per heavy atom. The van der Waals surface area contributed by atoms with E-state index in [1.54, 1.807) is 19.2 Å². The summed E-state index contributed by atoms with van der Waals surface area (Å²) in [7, 11) is 1.66. The molecule has 11 nitrogen and oxygen atoms in total. The van der Waals surface area contributed by atoms with Crippen LogP contribution in [0.1, 0.15) is 11.1 Å². The van der Waals surface area contributed by atoms with Gasteiger partial charge in [0.2, 0.25) is 11.8 Å². The number of anilines is 1. The number of amides is 2. The zero-order chi connectivity index (χ0) is 25.9. The Labute approximate surface area is 203 Å². The highest BCUT2D eigenvalue weighted by molar-refractivity contribution is 6.41. The third kappa shape index (κ3) is 6.20. The van der Waals surface area contributed by atoms with Gasteiger partial charge in [-0.3, -0.25) is 14.6 Å². The smallest absolute Gasteiger partial charge is 0.475 e. The van der Waals surface area contributed by atoms with E-state index in [4.69, 9.17) is 10.5 Å². The molecule has 0 saturated heterocycles. The van der Waals surface area contributed by atoms with Gasteiger partial charge >= 0.3 is 6.36 Å². The van der Waals surface area contributed by atoms with Crippen molar-refractivity contribution in [1.29, 1.82) is 0 Å². The number of aromatic nitrogens is 1. The SMILES string of the molecule is CN1CC(NC(=O)C2COC(c3ccnc(NCc4ccc(OC(F)(F)F)cc4)c3)=N2)C(C(N)=O)=N1. The number of hydrogen-bond acceptors (Lipinski definition) is 9. The number of nitrogens with one attached hydrogen (secondary N) is 2. The number of aliphatic imine (C=N–C) groups is 1. The van der Waals surface area contributed by atoms with Crippen LogP contribution in [0.5, 0.6) is 5.75 Å². The fraction of sp³-hybridized carbons (Fsp3) is 0.318. The molecule has 2 aliphatic heterocycles. The summed E-state index contributed by atoms with van der Waals surface area (Å²) in [6.45, 7) is 0.622. The van der Waals surface area contributed by atoms with Crippen LogP contribution in [0.4, 0.5) is 19.0 Å². The van der Waals surface area contributed by atoms with E-state index in [9.17, 15) is 22.8 Å². The van der Waals surface area contributed by atoms with Crippen LogP contribution >= 0.6 is 0 Å². The summed E-state index contributed by atoms with van der Waals surface area (Å²) in [5.41, 5.74) is 6.68. The van der Waals surface area contributed by atoms with Crippen LogP contribution in [-0.2, 0) is 20.9 Å². The summed E-state index contributed by atoms with van der Waals surface area (Å²) in [5.74, 6) is -0.719. The normalized spacial score (nSPS) is 19.3. The van der Waals surface area contributed by atoms with Gasteiger partial charge in [-0.05, 0) is 29.8 Å². The van der Waals surface area contributed by atoms with Gasteiger partial charge in [-0.1, -0.05) is 12.1 Å². The molecule has 4 rings (SSSR count). The van der Waals surface area contributed by atoms with E-state index in [1.807, 2.05) is 0 Å². The molecule has 0 aliphatic carbocycles. The highest BCUT2D eigenvalue weighted by Gasteiger charge is 2.34. The number of primary amides is 1. The molecule has 4 N–H and O–H groups in total. The first-order valence-electron chi connectivity index (χ1n) is 10.7. The molecule has 190 valence electrons. The first-order chi connectivity index (χ1) is 17.1. The van der Waals surface area contributed by atoms with Crippen LogP contribution in [0.2, 0.25) is 0 Å². The van der Waals surface area contributed by atoms with Crippen molar-refractivity contribution in [3.05, 3.63) is 53.7 Å². The zero-order valence-electron chi connectivity index (χ0n) is 19.0. The van der Waals surface area contributed by atoms with Crippen LogP contribution in [0.3, 0.4) is 0 Å². The molecular weight excluding hydrogens is 483 g/mol. The monoisotopic (exact) mass is 505 g/mol. The molecule has 2 aromatic rings. The molecule has 1 aromatic carbocycles. The molecule has 2 unspecified atom stereocenters. The maximum Gasteiger partial charge on any atom is 0.573 e. The lowest BCUT2D eigenvalue weighted by Crippen LogP contribution is -2.49. The molecule has 2 atom stereocenters. The van der Waals surface area contributed by atoms with E-state index in [2.05, 4.69) is 30.4 Å². The molecule has 2 aliphatic rings. The molecule has 14 heteroatoms. The van der Waals surface area contributed by atoms with E-state index in [0.29, 0.717) is 30.0 Å². The lowest BCUT2D eigenvalue weighted by atomic mass is 10.1. The molecule has 0 radical (unpaired) electrons. The summed E-state index contributed by atoms with van der Waals surface area (Å²) >= 11 is 0. The molecule has 0 spiro atoms. The molecule has 1 aromatic heterocycles. The highest BCUT2D eigenvalue weighted by atomic mass is 19.4. The maximum absolute atomic E-state index is 12.7. The van der Waals surface area contributed by atoms with Crippen molar-refractivity contribution in [1.82, 2.24) is 15.3 Å². The summed E-state index contributed by atoms with van der Waals surface area (Å²) in [6, 6.07) is 7.34. The molecule has 2 amide bonds. The first-order valence-corrected chi connectivity index (χ1v) is 10.7. The van der Waals surface area contributed by atoms with Gasteiger partial charge in [0.15, 0.2) is 6.04 Å². The van der Waals surface area contributed by atoms with Crippen LogP contribution in [-0.4, -0.2) is 72.1 Å². The Hall–Kier alpha value is -4.36. The summed E-state index contributed by atoms with van der Waals surface area (Å²) in [4.78, 5) is 32.8. The van der Waals surface area contributed by atoms with Crippen molar-refractivity contribution in [2.75, 3.05) is 25.5 Å². The molecular formula is C22H22F3N7O4. The van der Waals surface area contributed by atoms with Crippen LogP contribution < -0.4 is 21.1 Å². The quantitative estimate of drug-likeness (QED) is 0.486. The van der Waals surface area contributed by atoms with Crippen molar-refractivity contribution >= 4 is 29.2 Å². The zero-order valence-corrected chi connectivity index (χ0v) is 19.0. The number of carbonyl (C=O) groups is 2. The number of halogens is 3. The number of hydrogen-bond donors (Lipinski definition) is 3. The molecule has 0 bridgehead atoms. The number of nitrogens with zero attached hydrogens (tertiary/aromatic N) is 4. The molecule has 3 heterocycles. The van der Waals surface area contributed by atoms with Crippen molar-refractivity contribution in [3.8, 4) is 5.75 Å². The van der Waals surface area contributed by atoms with Gasteiger partial charge < -0.3 is 25.8 Å². The Balaban J connectivity index is 1.35. The van der Waals surface area contributed by atoms with E-state index >= 15 is 0 Å². The van der Waals surface area contributed by atoms with Crippen LogP contribution in [0.25, 0.3) is 0 Å². The lowest BCUT2D eigenvalue weighted by Gasteiger charge is -2.15. The minimum absolute atomic E-state index is 0.0181. The van der Waals surface area contributed by atoms with Crippen LogP contribution in [0.15, 0.2) is 52.7 Å². The van der Waals surface area contributed by atoms with E-state index in [1.165, 1.54) is 35.5 Å². The van der Waals surface area contributed by atoms with E-state index in [0.717, 1.165) is 0 Å². The van der Waals surface area contributed by atoms with Crippen molar-refractivity contribution in [2.24, 2.45) is 15.8 Å². The number of carbonyl (C=O) groups excluding carboxylic acids is 2. The third-order valence-corrected chi connectivity index (χ3v) is 5.22. The van der Waals surface area contributed by atoms with Gasteiger partial charge in [-0.2, -0.15) is 5.10 Å². The second-order valence-electron chi connectivity index (χ2n) is 7.99. The number of alkyl halides is 3. The average Bonchev–Trinajstić information content (AvgIpc) is 3.45. The number of hydrazone groups is 1. The van der Waals surface area contributed by atoms with Crippen LogP contribution in [0, 0.1) is 0 Å². The van der Waals surface area contributed by atoms with Gasteiger partial charge in [0.25, 0.3) is 5.91 Å². The standard InChI is InChI=1S/C22H22F3N7O4/c1-32-10-15(18(31-32)19(26)33)29-20(34)16-11-35-21(30-16)13-6-7-27-17(8-13)28-9-12-2-4-14(5-3-12)36-22(23,24)25/h2-8,15-16H,9-11H2,1H3,(H2,26,33)(H,27,28)(H,29,34). The van der Waals surface area contributed by atoms with Gasteiger partial charge in [0.1, 0.15) is 23.9 Å². The molecule has 0 fully saturated rings. The lowest BCUT2D eigenvalue weighted by molar-refractivity contribution is -0.274. The second-order valence-corrected chi connectivity index (χ2v) is 7.99. The Kier molecular flexibility index (Phi) is 6.94. The molecule has 0 saturated carbocycles. The number of likely N-dealkylation sites (N-methyl/N-ethyl adjacent to an activating group) is 1. The van der Waals surface area contributed by atoms with Gasteiger partial charge in [-0.25, -0.2) is 9.98 Å². The summed E-state index contributed by atoms with van der Waals surface area (Å²) in [5, 5.41) is 11.3. The number of rotatable bonds is 8. The average molecular weight is 505 g/mol. The molecule has 36 heavy (non-hydrogen) atoms. The minimum atomic E-state index is -4.75. The predicted molar refractivity (Wildman–Crippen MR) is 122 cm³/mol. The number of benzene rings is 1.